The third-order valence-electron chi connectivity index (χ3n) is 4.16. The number of hydrogen-bond acceptors (Lipinski definition) is 6. The lowest BCUT2D eigenvalue weighted by molar-refractivity contribution is 0.414. The second-order valence-electron chi connectivity index (χ2n) is 6.02. The maximum absolute atomic E-state index is 12.8. The van der Waals surface area contributed by atoms with E-state index in [2.05, 4.69) is 10.1 Å². The van der Waals surface area contributed by atoms with E-state index in [4.69, 9.17) is 16.3 Å². The van der Waals surface area contributed by atoms with Crippen molar-refractivity contribution in [3.05, 3.63) is 95.6 Å². The second kappa shape index (κ2) is 7.53. The number of thiazole rings is 1. The number of fused-ring (bicyclic) bond motifs is 1. The molecule has 140 valence electrons. The lowest BCUT2D eigenvalue weighted by Crippen LogP contribution is -2.28. The van der Waals surface area contributed by atoms with Gasteiger partial charge in [-0.1, -0.05) is 53.3 Å². The third-order valence-corrected chi connectivity index (χ3v) is 5.37. The zero-order valence-corrected chi connectivity index (χ0v) is 16.3. The summed E-state index contributed by atoms with van der Waals surface area (Å²) in [6, 6.07) is 14.5. The molecule has 0 fully saturated rings. The Morgan fingerprint density at radius 3 is 2.64 bits per heavy atom. The van der Waals surface area contributed by atoms with Crippen molar-refractivity contribution in [2.24, 2.45) is 0 Å². The zero-order valence-electron chi connectivity index (χ0n) is 14.8. The van der Waals surface area contributed by atoms with E-state index in [1.54, 1.807) is 25.3 Å². The van der Waals surface area contributed by atoms with Crippen molar-refractivity contribution in [1.82, 2.24) is 14.6 Å². The summed E-state index contributed by atoms with van der Waals surface area (Å²) >= 11 is 7.01. The van der Waals surface area contributed by atoms with Crippen LogP contribution in [0.5, 0.6) is 5.75 Å². The molecule has 2 aromatic heterocycles. The molecule has 2 heterocycles. The first-order chi connectivity index (χ1) is 13.5. The highest BCUT2D eigenvalue weighted by atomic mass is 35.5. The molecule has 28 heavy (non-hydrogen) atoms. The number of hydrogen-bond donors (Lipinski definition) is 0. The van der Waals surface area contributed by atoms with Gasteiger partial charge in [-0.3, -0.25) is 9.59 Å². The average molecular weight is 412 g/mol. The topological polar surface area (TPSA) is 73.6 Å². The number of para-hydroxylation sites is 1. The molecule has 0 bridgehead atoms. The van der Waals surface area contributed by atoms with Crippen molar-refractivity contribution in [3.8, 4) is 5.75 Å². The van der Waals surface area contributed by atoms with E-state index >= 15 is 0 Å². The minimum absolute atomic E-state index is 0.207. The van der Waals surface area contributed by atoms with Crippen molar-refractivity contribution in [1.29, 1.82) is 0 Å². The van der Waals surface area contributed by atoms with Gasteiger partial charge in [0.2, 0.25) is 4.96 Å². The van der Waals surface area contributed by atoms with Gasteiger partial charge in [-0.25, -0.2) is 0 Å². The normalized spacial score (nSPS) is 11.9. The van der Waals surface area contributed by atoms with Crippen LogP contribution in [0.25, 0.3) is 11.0 Å². The Balaban J connectivity index is 1.81. The number of ether oxygens (including phenoxy) is 1. The predicted molar refractivity (Wildman–Crippen MR) is 109 cm³/mol. The minimum Gasteiger partial charge on any atom is -0.496 e. The van der Waals surface area contributed by atoms with Crippen LogP contribution in [0.2, 0.25) is 5.02 Å². The molecule has 6 nitrogen and oxygen atoms in total. The van der Waals surface area contributed by atoms with Gasteiger partial charge in [0.05, 0.1) is 11.6 Å². The molecule has 0 N–H and O–H groups in total. The van der Waals surface area contributed by atoms with Crippen molar-refractivity contribution in [2.45, 2.75) is 6.42 Å². The lowest BCUT2D eigenvalue weighted by atomic mass is 10.1. The van der Waals surface area contributed by atoms with Crippen molar-refractivity contribution < 1.29 is 4.74 Å². The predicted octanol–water partition coefficient (Wildman–Crippen LogP) is 2.31. The summed E-state index contributed by atoms with van der Waals surface area (Å²) in [6.45, 7) is 0. The molecule has 4 aromatic rings. The monoisotopic (exact) mass is 411 g/mol. The molecule has 0 saturated carbocycles. The molecule has 2 aromatic carbocycles. The summed E-state index contributed by atoms with van der Waals surface area (Å²) in [6.07, 6.45) is 1.98. The maximum Gasteiger partial charge on any atom is 0.296 e. The SMILES string of the molecule is COc1ccccc1/C=c1/sc2nc(=O)c(Cc3ccc(Cl)cc3)nn2c1=O. The molecular formula is C20H14ClN3O3S. The van der Waals surface area contributed by atoms with Gasteiger partial charge in [-0.2, -0.15) is 14.6 Å². The minimum atomic E-state index is -0.444. The average Bonchev–Trinajstić information content (AvgIpc) is 2.99. The fraction of sp³-hybridized carbons (Fsp3) is 0.100. The molecular weight excluding hydrogens is 398 g/mol. The first-order valence-corrected chi connectivity index (χ1v) is 9.56. The van der Waals surface area contributed by atoms with Gasteiger partial charge >= 0.3 is 0 Å². The van der Waals surface area contributed by atoms with Crippen molar-refractivity contribution in [3.63, 3.8) is 0 Å². The first kappa shape index (κ1) is 18.3. The molecule has 0 aliphatic heterocycles. The van der Waals surface area contributed by atoms with Crippen LogP contribution >= 0.6 is 22.9 Å². The van der Waals surface area contributed by atoms with Gasteiger partial charge in [0.25, 0.3) is 11.1 Å². The highest BCUT2D eigenvalue weighted by Gasteiger charge is 2.12. The first-order valence-electron chi connectivity index (χ1n) is 8.37. The van der Waals surface area contributed by atoms with Crippen LogP contribution in [-0.4, -0.2) is 21.7 Å². The smallest absolute Gasteiger partial charge is 0.296 e. The lowest BCUT2D eigenvalue weighted by Gasteiger charge is -2.02. The number of halogens is 1. The van der Waals surface area contributed by atoms with Gasteiger partial charge in [-0.15, -0.1) is 0 Å². The number of methoxy groups -OCH3 is 1. The van der Waals surface area contributed by atoms with Crippen LogP contribution < -0.4 is 20.4 Å². The van der Waals surface area contributed by atoms with Gasteiger partial charge in [0, 0.05) is 17.0 Å². The molecule has 0 radical (unpaired) electrons. The molecule has 4 rings (SSSR count). The second-order valence-corrected chi connectivity index (χ2v) is 7.46. The Morgan fingerprint density at radius 2 is 1.89 bits per heavy atom. The van der Waals surface area contributed by atoms with Crippen molar-refractivity contribution >= 4 is 34.0 Å². The van der Waals surface area contributed by atoms with E-state index in [1.165, 1.54) is 4.52 Å². The van der Waals surface area contributed by atoms with Crippen LogP contribution in [-0.2, 0) is 6.42 Å². The van der Waals surface area contributed by atoms with Gasteiger partial charge in [-0.05, 0) is 29.8 Å². The number of rotatable bonds is 4. The summed E-state index contributed by atoms with van der Waals surface area (Å²) in [5.41, 5.74) is 1.06. The number of nitrogens with zero attached hydrogens (tertiary/aromatic N) is 3. The summed E-state index contributed by atoms with van der Waals surface area (Å²) < 4.78 is 6.92. The van der Waals surface area contributed by atoms with Gasteiger partial charge in [0.15, 0.2) is 0 Å². The zero-order chi connectivity index (χ0) is 19.7. The maximum atomic E-state index is 12.8. The summed E-state index contributed by atoms with van der Waals surface area (Å²) in [5.74, 6) is 0.651. The summed E-state index contributed by atoms with van der Waals surface area (Å²) in [5, 5.41) is 4.86. The van der Waals surface area contributed by atoms with Crippen LogP contribution in [0.15, 0.2) is 58.1 Å². The molecule has 0 amide bonds. The molecule has 0 aliphatic carbocycles. The van der Waals surface area contributed by atoms with E-state index in [1.807, 2.05) is 36.4 Å². The largest absolute Gasteiger partial charge is 0.496 e. The molecule has 0 aliphatic rings. The molecule has 8 heteroatoms. The highest BCUT2D eigenvalue weighted by Crippen LogP contribution is 2.17. The number of aromatic nitrogens is 3. The van der Waals surface area contributed by atoms with E-state index in [0.717, 1.165) is 22.5 Å². The molecule has 0 spiro atoms. The van der Waals surface area contributed by atoms with Gasteiger partial charge in [0.1, 0.15) is 11.4 Å². The Labute approximate surface area is 168 Å². The highest BCUT2D eigenvalue weighted by molar-refractivity contribution is 7.15. The van der Waals surface area contributed by atoms with Crippen LogP contribution in [0.1, 0.15) is 16.8 Å². The third kappa shape index (κ3) is 3.54. The summed E-state index contributed by atoms with van der Waals surface area (Å²) in [4.78, 5) is 29.4. The standard InChI is InChI=1S/C20H14ClN3O3S/c1-27-16-5-3-2-4-13(16)11-17-19(26)24-20(28-17)22-18(25)15(23-24)10-12-6-8-14(21)9-7-12/h2-9,11H,10H2,1H3/b17-11+. The van der Waals surface area contributed by atoms with Crippen LogP contribution in [0.3, 0.4) is 0 Å². The Kier molecular flexibility index (Phi) is 4.93. The van der Waals surface area contributed by atoms with E-state index in [9.17, 15) is 9.59 Å². The Morgan fingerprint density at radius 1 is 1.14 bits per heavy atom. The van der Waals surface area contributed by atoms with Crippen LogP contribution in [0.4, 0.5) is 0 Å². The summed E-state index contributed by atoms with van der Waals surface area (Å²) in [7, 11) is 1.57. The van der Waals surface area contributed by atoms with E-state index in [0.29, 0.717) is 15.3 Å². The Bertz CT molecular complexity index is 1330. The van der Waals surface area contributed by atoms with Gasteiger partial charge < -0.3 is 4.74 Å². The molecule has 0 saturated heterocycles. The number of benzene rings is 2. The fourth-order valence-corrected chi connectivity index (χ4v) is 3.80. The molecule has 0 atom stereocenters. The Hall–Kier alpha value is -3.03. The van der Waals surface area contributed by atoms with E-state index < -0.39 is 5.56 Å². The van der Waals surface area contributed by atoms with E-state index in [-0.39, 0.29) is 22.6 Å². The van der Waals surface area contributed by atoms with Crippen molar-refractivity contribution in [2.75, 3.05) is 7.11 Å². The quantitative estimate of drug-likeness (QED) is 0.515. The molecule has 0 unspecified atom stereocenters. The fourth-order valence-electron chi connectivity index (χ4n) is 2.77. The van der Waals surface area contributed by atoms with Crippen LogP contribution in [0, 0.1) is 0 Å².